The number of carbonyl (C=O) groups excluding carboxylic acids is 1. The van der Waals surface area contributed by atoms with Crippen LogP contribution in [0.1, 0.15) is 19.8 Å². The Balaban J connectivity index is 1.60. The van der Waals surface area contributed by atoms with Crippen molar-refractivity contribution < 1.29 is 14.3 Å². The molecular weight excluding hydrogens is 296 g/mol. The third-order valence-corrected chi connectivity index (χ3v) is 4.79. The van der Waals surface area contributed by atoms with Crippen molar-refractivity contribution in [2.75, 3.05) is 51.4 Å². The minimum Gasteiger partial charge on any atom is -0.481 e. The van der Waals surface area contributed by atoms with Crippen molar-refractivity contribution in [3.05, 3.63) is 12.3 Å². The van der Waals surface area contributed by atoms with Crippen LogP contribution < -0.4 is 9.64 Å². The van der Waals surface area contributed by atoms with Gasteiger partial charge in [-0.1, -0.05) is 6.92 Å². The van der Waals surface area contributed by atoms with Crippen molar-refractivity contribution in [2.24, 2.45) is 5.41 Å². The van der Waals surface area contributed by atoms with Crippen LogP contribution in [-0.2, 0) is 9.53 Å². The predicted molar refractivity (Wildman–Crippen MR) is 85.5 cm³/mol. The molecule has 0 radical (unpaired) electrons. The molecule has 1 aromatic rings. The lowest BCUT2D eigenvalue weighted by atomic mass is 9.81. The van der Waals surface area contributed by atoms with Gasteiger partial charge in [0.05, 0.1) is 12.5 Å². The highest BCUT2D eigenvalue weighted by Gasteiger charge is 2.39. The van der Waals surface area contributed by atoms with Crippen LogP contribution in [-0.4, -0.2) is 67.3 Å². The van der Waals surface area contributed by atoms with Crippen LogP contribution in [0.15, 0.2) is 12.3 Å². The number of ether oxygens (including phenoxy) is 2. The summed E-state index contributed by atoms with van der Waals surface area (Å²) in [6.45, 7) is 6.32. The summed E-state index contributed by atoms with van der Waals surface area (Å²) < 4.78 is 10.5. The Kier molecular flexibility index (Phi) is 4.66. The van der Waals surface area contributed by atoms with Gasteiger partial charge in [-0.2, -0.15) is 4.98 Å². The number of piperazine rings is 1. The topological polar surface area (TPSA) is 67.8 Å². The maximum Gasteiger partial charge on any atom is 0.228 e. The van der Waals surface area contributed by atoms with Gasteiger partial charge in [-0.05, 0) is 12.8 Å². The van der Waals surface area contributed by atoms with Crippen molar-refractivity contribution in [2.45, 2.75) is 19.8 Å². The molecule has 0 N–H and O–H groups in total. The molecule has 3 heterocycles. The largest absolute Gasteiger partial charge is 0.481 e. The van der Waals surface area contributed by atoms with E-state index in [0.29, 0.717) is 38.1 Å². The van der Waals surface area contributed by atoms with E-state index < -0.39 is 0 Å². The highest BCUT2D eigenvalue weighted by atomic mass is 16.5. The molecule has 7 heteroatoms. The number of hydrogen-bond acceptors (Lipinski definition) is 6. The quantitative estimate of drug-likeness (QED) is 0.826. The first-order chi connectivity index (χ1) is 11.1. The fourth-order valence-electron chi connectivity index (χ4n) is 3.13. The zero-order chi connectivity index (χ0) is 16.3. The molecule has 0 saturated carbocycles. The van der Waals surface area contributed by atoms with Crippen LogP contribution in [0.5, 0.6) is 5.88 Å². The molecule has 23 heavy (non-hydrogen) atoms. The van der Waals surface area contributed by atoms with Gasteiger partial charge in [0.25, 0.3) is 0 Å². The molecule has 3 rings (SSSR count). The number of anilines is 1. The third kappa shape index (κ3) is 3.39. The summed E-state index contributed by atoms with van der Waals surface area (Å²) in [4.78, 5) is 25.5. The number of methoxy groups -OCH3 is 1. The number of nitrogens with zero attached hydrogens (tertiary/aromatic N) is 4. The summed E-state index contributed by atoms with van der Waals surface area (Å²) in [5.74, 6) is 1.48. The van der Waals surface area contributed by atoms with Gasteiger partial charge in [0, 0.05) is 51.7 Å². The van der Waals surface area contributed by atoms with Crippen LogP contribution >= 0.6 is 0 Å². The Morgan fingerprint density at radius 2 is 1.96 bits per heavy atom. The lowest BCUT2D eigenvalue weighted by Crippen LogP contribution is -2.54. The number of aromatic nitrogens is 2. The van der Waals surface area contributed by atoms with Crippen LogP contribution in [0.25, 0.3) is 0 Å². The van der Waals surface area contributed by atoms with Crippen molar-refractivity contribution in [1.82, 2.24) is 14.9 Å². The van der Waals surface area contributed by atoms with Gasteiger partial charge in [0.1, 0.15) is 0 Å². The average molecular weight is 320 g/mol. The maximum atomic E-state index is 12.8. The second-order valence-electron chi connectivity index (χ2n) is 6.35. The first-order valence-corrected chi connectivity index (χ1v) is 8.11. The van der Waals surface area contributed by atoms with Crippen molar-refractivity contribution in [3.63, 3.8) is 0 Å². The summed E-state index contributed by atoms with van der Waals surface area (Å²) in [5.41, 5.74) is -0.271. The zero-order valence-corrected chi connectivity index (χ0v) is 13.8. The molecule has 2 fully saturated rings. The standard InChI is InChI=1S/C16H24N4O3/c1-16(4-11-23-12-5-16)14(21)19-7-9-20(10-8-19)15-17-6-3-13(18-15)22-2/h3,6H,4-5,7-12H2,1-2H3. The molecule has 1 amide bonds. The van der Waals surface area contributed by atoms with E-state index in [1.165, 1.54) is 0 Å². The molecule has 0 aliphatic carbocycles. The number of amides is 1. The number of carbonyl (C=O) groups is 1. The minimum atomic E-state index is -0.271. The molecule has 126 valence electrons. The van der Waals surface area contributed by atoms with E-state index >= 15 is 0 Å². The third-order valence-electron chi connectivity index (χ3n) is 4.79. The second kappa shape index (κ2) is 6.70. The normalized spacial score (nSPS) is 21.1. The summed E-state index contributed by atoms with van der Waals surface area (Å²) in [6.07, 6.45) is 3.32. The second-order valence-corrected chi connectivity index (χ2v) is 6.35. The summed E-state index contributed by atoms with van der Waals surface area (Å²) in [7, 11) is 1.59. The molecule has 2 saturated heterocycles. The van der Waals surface area contributed by atoms with Gasteiger partial charge >= 0.3 is 0 Å². The Morgan fingerprint density at radius 3 is 2.61 bits per heavy atom. The lowest BCUT2D eigenvalue weighted by Gasteiger charge is -2.41. The molecular formula is C16H24N4O3. The maximum absolute atomic E-state index is 12.8. The Bertz CT molecular complexity index is 552. The van der Waals surface area contributed by atoms with E-state index in [9.17, 15) is 4.79 Å². The predicted octanol–water partition coefficient (Wildman–Crippen LogP) is 0.950. The monoisotopic (exact) mass is 320 g/mol. The van der Waals surface area contributed by atoms with Crippen LogP contribution in [0, 0.1) is 5.41 Å². The molecule has 7 nitrogen and oxygen atoms in total. The van der Waals surface area contributed by atoms with Gasteiger partial charge in [-0.15, -0.1) is 0 Å². The smallest absolute Gasteiger partial charge is 0.228 e. The molecule has 0 bridgehead atoms. The molecule has 0 aromatic carbocycles. The SMILES string of the molecule is COc1ccnc(N2CCN(C(=O)C3(C)CCOCC3)CC2)n1. The molecule has 2 aliphatic rings. The average Bonchev–Trinajstić information content (AvgIpc) is 2.62. The van der Waals surface area contributed by atoms with E-state index in [4.69, 9.17) is 9.47 Å². The van der Waals surface area contributed by atoms with E-state index in [2.05, 4.69) is 21.8 Å². The van der Waals surface area contributed by atoms with E-state index in [1.54, 1.807) is 19.4 Å². The summed E-state index contributed by atoms with van der Waals surface area (Å²) >= 11 is 0. The molecule has 0 spiro atoms. The van der Waals surface area contributed by atoms with E-state index in [-0.39, 0.29) is 11.3 Å². The Labute approximate surface area is 136 Å². The summed E-state index contributed by atoms with van der Waals surface area (Å²) in [5, 5.41) is 0. The molecule has 0 unspecified atom stereocenters. The molecule has 2 aliphatic heterocycles. The van der Waals surface area contributed by atoms with Gasteiger partial charge in [0.2, 0.25) is 17.7 Å². The van der Waals surface area contributed by atoms with E-state index in [0.717, 1.165) is 25.9 Å². The number of rotatable bonds is 3. The lowest BCUT2D eigenvalue weighted by molar-refractivity contribution is -0.146. The van der Waals surface area contributed by atoms with Crippen LogP contribution in [0.3, 0.4) is 0 Å². The highest BCUT2D eigenvalue weighted by molar-refractivity contribution is 5.82. The van der Waals surface area contributed by atoms with Gasteiger partial charge in [-0.25, -0.2) is 4.98 Å². The van der Waals surface area contributed by atoms with Crippen molar-refractivity contribution in [1.29, 1.82) is 0 Å². The molecule has 1 aromatic heterocycles. The van der Waals surface area contributed by atoms with Crippen LogP contribution in [0.2, 0.25) is 0 Å². The fourth-order valence-corrected chi connectivity index (χ4v) is 3.13. The minimum absolute atomic E-state index is 0.256. The summed E-state index contributed by atoms with van der Waals surface area (Å²) in [6, 6.07) is 1.73. The molecule has 0 atom stereocenters. The first-order valence-electron chi connectivity index (χ1n) is 8.11. The Hall–Kier alpha value is -1.89. The Morgan fingerprint density at radius 1 is 1.26 bits per heavy atom. The van der Waals surface area contributed by atoms with Crippen molar-refractivity contribution in [3.8, 4) is 5.88 Å². The number of hydrogen-bond donors (Lipinski definition) is 0. The van der Waals surface area contributed by atoms with Crippen LogP contribution in [0.4, 0.5) is 5.95 Å². The van der Waals surface area contributed by atoms with E-state index in [1.807, 2.05) is 4.90 Å². The van der Waals surface area contributed by atoms with Gasteiger partial charge in [-0.3, -0.25) is 4.79 Å². The van der Waals surface area contributed by atoms with Gasteiger partial charge in [0.15, 0.2) is 0 Å². The van der Waals surface area contributed by atoms with Gasteiger partial charge < -0.3 is 19.3 Å². The van der Waals surface area contributed by atoms with Crippen molar-refractivity contribution >= 4 is 11.9 Å². The fraction of sp³-hybridized carbons (Fsp3) is 0.688. The zero-order valence-electron chi connectivity index (χ0n) is 13.8. The highest BCUT2D eigenvalue weighted by Crippen LogP contribution is 2.32. The first kappa shape index (κ1) is 16.0.